The highest BCUT2D eigenvalue weighted by molar-refractivity contribution is 7.09. The number of carbonyl (C=O) groups is 1. The molecule has 25 heavy (non-hydrogen) atoms. The first-order chi connectivity index (χ1) is 12.2. The van der Waals surface area contributed by atoms with Gasteiger partial charge in [0.25, 0.3) is 0 Å². The molecule has 0 aliphatic heterocycles. The van der Waals surface area contributed by atoms with E-state index in [1.54, 1.807) is 24.5 Å². The lowest BCUT2D eigenvalue weighted by molar-refractivity contribution is -0.126. The maximum absolute atomic E-state index is 12.4. The minimum atomic E-state index is 0.0331. The second kappa shape index (κ2) is 7.99. The first-order valence-corrected chi connectivity index (χ1v) is 9.14. The minimum Gasteiger partial charge on any atom is -0.497 e. The van der Waals surface area contributed by atoms with Crippen LogP contribution in [0.2, 0.25) is 0 Å². The molecule has 3 nitrogen and oxygen atoms in total. The molecule has 0 radical (unpaired) electrons. The second-order valence-corrected chi connectivity index (χ2v) is 6.77. The number of rotatable bonds is 6. The van der Waals surface area contributed by atoms with Crippen molar-refractivity contribution in [2.45, 2.75) is 13.5 Å². The standard InChI is InChI=1S/C21H21NO2S/c1-3-22(15-20-5-4-12-25-20)21(23)11-7-16-6-8-18-14-19(24-2)10-9-17(18)13-16/h4-14H,3,15H2,1-2H3/b11-7+. The van der Waals surface area contributed by atoms with Crippen LogP contribution in [0.1, 0.15) is 17.4 Å². The molecule has 1 amide bonds. The molecule has 3 rings (SSSR count). The summed E-state index contributed by atoms with van der Waals surface area (Å²) >= 11 is 1.67. The topological polar surface area (TPSA) is 29.5 Å². The average molecular weight is 351 g/mol. The van der Waals surface area contributed by atoms with Gasteiger partial charge >= 0.3 is 0 Å². The van der Waals surface area contributed by atoms with E-state index in [1.165, 1.54) is 4.88 Å². The number of ether oxygens (including phenoxy) is 1. The average Bonchev–Trinajstić information content (AvgIpc) is 3.16. The number of nitrogens with zero attached hydrogens (tertiary/aromatic N) is 1. The van der Waals surface area contributed by atoms with E-state index in [0.717, 1.165) is 22.1 Å². The normalized spacial score (nSPS) is 11.1. The number of thiophene rings is 1. The summed E-state index contributed by atoms with van der Waals surface area (Å²) in [6, 6.07) is 16.2. The SMILES string of the molecule is CCN(Cc1cccs1)C(=O)/C=C/c1ccc2cc(OC)ccc2c1. The van der Waals surface area contributed by atoms with E-state index in [0.29, 0.717) is 13.1 Å². The van der Waals surface area contributed by atoms with Crippen LogP contribution in [0.5, 0.6) is 5.75 Å². The molecule has 0 bridgehead atoms. The van der Waals surface area contributed by atoms with Crippen LogP contribution in [0.4, 0.5) is 0 Å². The molecule has 1 heterocycles. The number of hydrogen-bond donors (Lipinski definition) is 0. The van der Waals surface area contributed by atoms with Gasteiger partial charge in [-0.1, -0.05) is 24.3 Å². The largest absolute Gasteiger partial charge is 0.497 e. The third-order valence-corrected chi connectivity index (χ3v) is 4.97. The number of likely N-dealkylation sites (N-methyl/N-ethyl adjacent to an activating group) is 1. The van der Waals surface area contributed by atoms with Crippen molar-refractivity contribution >= 4 is 34.1 Å². The number of amides is 1. The lowest BCUT2D eigenvalue weighted by Gasteiger charge is -2.18. The highest BCUT2D eigenvalue weighted by Gasteiger charge is 2.09. The van der Waals surface area contributed by atoms with E-state index in [-0.39, 0.29) is 5.91 Å². The van der Waals surface area contributed by atoms with Crippen LogP contribution in [0, 0.1) is 0 Å². The summed E-state index contributed by atoms with van der Waals surface area (Å²) in [6.45, 7) is 3.36. The first kappa shape index (κ1) is 17.2. The van der Waals surface area contributed by atoms with Gasteiger partial charge in [0.05, 0.1) is 13.7 Å². The molecule has 0 fully saturated rings. The number of fused-ring (bicyclic) bond motifs is 1. The van der Waals surface area contributed by atoms with Crippen molar-refractivity contribution in [1.29, 1.82) is 0 Å². The summed E-state index contributed by atoms with van der Waals surface area (Å²) < 4.78 is 5.25. The van der Waals surface area contributed by atoms with Crippen LogP contribution in [-0.4, -0.2) is 24.5 Å². The van der Waals surface area contributed by atoms with Crippen LogP contribution in [-0.2, 0) is 11.3 Å². The Labute approximate surface area is 152 Å². The number of hydrogen-bond acceptors (Lipinski definition) is 3. The summed E-state index contributed by atoms with van der Waals surface area (Å²) in [6.07, 6.45) is 3.53. The highest BCUT2D eigenvalue weighted by Crippen LogP contribution is 2.22. The molecular weight excluding hydrogens is 330 g/mol. The lowest BCUT2D eigenvalue weighted by Crippen LogP contribution is -2.28. The fourth-order valence-corrected chi connectivity index (χ4v) is 3.40. The molecule has 0 saturated carbocycles. The monoisotopic (exact) mass is 351 g/mol. The molecule has 1 aromatic heterocycles. The zero-order chi connectivity index (χ0) is 17.6. The maximum Gasteiger partial charge on any atom is 0.246 e. The van der Waals surface area contributed by atoms with Crippen LogP contribution in [0.3, 0.4) is 0 Å². The Morgan fingerprint density at radius 2 is 1.96 bits per heavy atom. The molecular formula is C21H21NO2S. The minimum absolute atomic E-state index is 0.0331. The predicted molar refractivity (Wildman–Crippen MR) is 105 cm³/mol. The predicted octanol–water partition coefficient (Wildman–Crippen LogP) is 4.97. The Hall–Kier alpha value is -2.59. The third kappa shape index (κ3) is 4.28. The Morgan fingerprint density at radius 3 is 2.68 bits per heavy atom. The van der Waals surface area contributed by atoms with Gasteiger partial charge in [0.1, 0.15) is 5.75 Å². The van der Waals surface area contributed by atoms with Crippen LogP contribution >= 0.6 is 11.3 Å². The van der Waals surface area contributed by atoms with Crippen molar-refractivity contribution < 1.29 is 9.53 Å². The van der Waals surface area contributed by atoms with Crippen LogP contribution in [0.15, 0.2) is 60.0 Å². The van der Waals surface area contributed by atoms with Gasteiger partial charge in [-0.25, -0.2) is 0 Å². The molecule has 0 spiro atoms. The second-order valence-electron chi connectivity index (χ2n) is 5.74. The number of methoxy groups -OCH3 is 1. The lowest BCUT2D eigenvalue weighted by atomic mass is 10.1. The van der Waals surface area contributed by atoms with Gasteiger partial charge in [-0.15, -0.1) is 11.3 Å². The van der Waals surface area contributed by atoms with E-state index >= 15 is 0 Å². The Bertz CT molecular complexity index is 884. The Balaban J connectivity index is 1.73. The van der Waals surface area contributed by atoms with Gasteiger partial charge in [-0.2, -0.15) is 0 Å². The fourth-order valence-electron chi connectivity index (χ4n) is 2.68. The van der Waals surface area contributed by atoms with Gasteiger partial charge in [0.15, 0.2) is 0 Å². The van der Waals surface area contributed by atoms with E-state index in [9.17, 15) is 4.79 Å². The summed E-state index contributed by atoms with van der Waals surface area (Å²) in [4.78, 5) is 15.5. The summed E-state index contributed by atoms with van der Waals surface area (Å²) in [7, 11) is 1.67. The summed E-state index contributed by atoms with van der Waals surface area (Å²) in [5.41, 5.74) is 1.01. The summed E-state index contributed by atoms with van der Waals surface area (Å²) in [5.74, 6) is 0.879. The quantitative estimate of drug-likeness (QED) is 0.587. The van der Waals surface area contributed by atoms with Gasteiger partial charge in [0, 0.05) is 17.5 Å². The van der Waals surface area contributed by atoms with Crippen LogP contribution < -0.4 is 4.74 Å². The van der Waals surface area contributed by atoms with Crippen molar-refractivity contribution in [1.82, 2.24) is 4.90 Å². The first-order valence-electron chi connectivity index (χ1n) is 8.27. The number of carbonyl (C=O) groups excluding carboxylic acids is 1. The van der Waals surface area contributed by atoms with Crippen molar-refractivity contribution in [2.24, 2.45) is 0 Å². The van der Waals surface area contributed by atoms with Crippen molar-refractivity contribution in [3.63, 3.8) is 0 Å². The molecule has 0 atom stereocenters. The van der Waals surface area contributed by atoms with Gasteiger partial charge in [-0.05, 0) is 59.0 Å². The molecule has 0 N–H and O–H groups in total. The van der Waals surface area contributed by atoms with Gasteiger partial charge in [-0.3, -0.25) is 4.79 Å². The van der Waals surface area contributed by atoms with Crippen molar-refractivity contribution in [2.75, 3.05) is 13.7 Å². The van der Waals surface area contributed by atoms with Crippen LogP contribution in [0.25, 0.3) is 16.8 Å². The maximum atomic E-state index is 12.4. The molecule has 2 aromatic carbocycles. The van der Waals surface area contributed by atoms with Crippen molar-refractivity contribution in [3.05, 3.63) is 70.4 Å². The zero-order valence-corrected chi connectivity index (χ0v) is 15.3. The molecule has 0 unspecified atom stereocenters. The van der Waals surface area contributed by atoms with E-state index < -0.39 is 0 Å². The number of benzene rings is 2. The van der Waals surface area contributed by atoms with Gasteiger partial charge < -0.3 is 9.64 Å². The third-order valence-electron chi connectivity index (χ3n) is 4.11. The van der Waals surface area contributed by atoms with Gasteiger partial charge in [0.2, 0.25) is 5.91 Å². The Kier molecular flexibility index (Phi) is 5.51. The summed E-state index contributed by atoms with van der Waals surface area (Å²) in [5, 5.41) is 4.28. The molecule has 4 heteroatoms. The fraction of sp³-hybridized carbons (Fsp3) is 0.190. The zero-order valence-electron chi connectivity index (χ0n) is 14.4. The molecule has 0 saturated heterocycles. The molecule has 3 aromatic rings. The Morgan fingerprint density at radius 1 is 1.16 bits per heavy atom. The molecule has 128 valence electrons. The van der Waals surface area contributed by atoms with E-state index in [4.69, 9.17) is 4.74 Å². The highest BCUT2D eigenvalue weighted by atomic mass is 32.1. The molecule has 0 aliphatic rings. The smallest absolute Gasteiger partial charge is 0.246 e. The van der Waals surface area contributed by atoms with E-state index in [2.05, 4.69) is 12.1 Å². The van der Waals surface area contributed by atoms with E-state index in [1.807, 2.05) is 59.7 Å². The van der Waals surface area contributed by atoms with Crippen molar-refractivity contribution in [3.8, 4) is 5.75 Å². The molecule has 0 aliphatic carbocycles.